The maximum absolute atomic E-state index is 5.35. The molecule has 20 heavy (non-hydrogen) atoms. The number of anilines is 1. The Morgan fingerprint density at radius 2 is 1.65 bits per heavy atom. The molecule has 2 rings (SSSR count). The van der Waals surface area contributed by atoms with Gasteiger partial charge in [-0.25, -0.2) is 0 Å². The summed E-state index contributed by atoms with van der Waals surface area (Å²) in [7, 11) is 3.30. The number of methoxy groups -OCH3 is 2. The highest BCUT2D eigenvalue weighted by molar-refractivity contribution is 5.53. The zero-order valence-electron chi connectivity index (χ0n) is 12.4. The van der Waals surface area contributed by atoms with E-state index in [1.54, 1.807) is 14.2 Å². The van der Waals surface area contributed by atoms with Crippen molar-refractivity contribution in [3.63, 3.8) is 0 Å². The molecule has 106 valence electrons. The average Bonchev–Trinajstić information content (AvgIpc) is 2.48. The third-order valence-electron chi connectivity index (χ3n) is 3.42. The summed E-state index contributed by atoms with van der Waals surface area (Å²) in [6.07, 6.45) is 0. The first-order valence-electron chi connectivity index (χ1n) is 6.69. The van der Waals surface area contributed by atoms with Gasteiger partial charge in [-0.3, -0.25) is 0 Å². The second kappa shape index (κ2) is 6.33. The molecule has 2 aromatic carbocycles. The van der Waals surface area contributed by atoms with Crippen molar-refractivity contribution in [3.05, 3.63) is 53.6 Å². The van der Waals surface area contributed by atoms with E-state index in [0.29, 0.717) is 0 Å². The Labute approximate surface area is 120 Å². The van der Waals surface area contributed by atoms with E-state index in [4.69, 9.17) is 9.47 Å². The third kappa shape index (κ3) is 3.05. The Hall–Kier alpha value is -2.16. The minimum Gasteiger partial charge on any atom is -0.493 e. The molecule has 0 heterocycles. The minimum atomic E-state index is 0.191. The van der Waals surface area contributed by atoms with Gasteiger partial charge in [0, 0.05) is 11.7 Å². The van der Waals surface area contributed by atoms with Crippen molar-refractivity contribution in [1.82, 2.24) is 0 Å². The Balaban J connectivity index is 2.21. The first-order chi connectivity index (χ1) is 9.65. The third-order valence-corrected chi connectivity index (χ3v) is 3.42. The van der Waals surface area contributed by atoms with Crippen LogP contribution in [-0.4, -0.2) is 14.2 Å². The molecular formula is C17H21NO2. The molecule has 1 unspecified atom stereocenters. The summed E-state index contributed by atoms with van der Waals surface area (Å²) >= 11 is 0. The summed E-state index contributed by atoms with van der Waals surface area (Å²) < 4.78 is 10.6. The summed E-state index contributed by atoms with van der Waals surface area (Å²) in [5.41, 5.74) is 3.54. The number of aryl methyl sites for hydroxylation is 1. The zero-order valence-corrected chi connectivity index (χ0v) is 12.4. The van der Waals surface area contributed by atoms with E-state index >= 15 is 0 Å². The number of hydrogen-bond donors (Lipinski definition) is 1. The van der Waals surface area contributed by atoms with Gasteiger partial charge in [-0.05, 0) is 43.2 Å². The molecule has 2 aromatic rings. The standard InChI is InChI=1S/C17H21NO2/c1-12-7-5-6-8-15(12)18-13(2)14-9-10-16(19-3)17(11-14)20-4/h5-11,13,18H,1-4H3. The highest BCUT2D eigenvalue weighted by Crippen LogP contribution is 2.31. The van der Waals surface area contributed by atoms with Gasteiger partial charge in [-0.1, -0.05) is 24.3 Å². The second-order valence-corrected chi connectivity index (χ2v) is 4.80. The van der Waals surface area contributed by atoms with Gasteiger partial charge >= 0.3 is 0 Å². The van der Waals surface area contributed by atoms with E-state index < -0.39 is 0 Å². The highest BCUT2D eigenvalue weighted by atomic mass is 16.5. The Bertz CT molecular complexity index is 581. The molecule has 0 saturated carbocycles. The van der Waals surface area contributed by atoms with Gasteiger partial charge in [0.25, 0.3) is 0 Å². The molecule has 0 bridgehead atoms. The van der Waals surface area contributed by atoms with Crippen LogP contribution in [0.3, 0.4) is 0 Å². The number of nitrogens with one attached hydrogen (secondary N) is 1. The number of ether oxygens (including phenoxy) is 2. The lowest BCUT2D eigenvalue weighted by Crippen LogP contribution is -2.08. The average molecular weight is 271 g/mol. The minimum absolute atomic E-state index is 0.191. The van der Waals surface area contributed by atoms with Gasteiger partial charge in [-0.15, -0.1) is 0 Å². The fourth-order valence-corrected chi connectivity index (χ4v) is 2.17. The molecule has 0 amide bonds. The molecule has 0 fully saturated rings. The molecule has 1 atom stereocenters. The SMILES string of the molecule is COc1ccc(C(C)Nc2ccccc2C)cc1OC. The molecule has 1 N–H and O–H groups in total. The molecule has 0 radical (unpaired) electrons. The Kier molecular flexibility index (Phi) is 4.51. The number of para-hydroxylation sites is 1. The highest BCUT2D eigenvalue weighted by Gasteiger charge is 2.10. The molecule has 0 aliphatic rings. The van der Waals surface area contributed by atoms with Crippen LogP contribution in [0.2, 0.25) is 0 Å². The topological polar surface area (TPSA) is 30.5 Å². The van der Waals surface area contributed by atoms with Crippen LogP contribution in [0.25, 0.3) is 0 Å². The van der Waals surface area contributed by atoms with E-state index in [1.165, 1.54) is 5.56 Å². The summed E-state index contributed by atoms with van der Waals surface area (Å²) in [6, 6.07) is 14.5. The summed E-state index contributed by atoms with van der Waals surface area (Å²) in [5, 5.41) is 3.52. The van der Waals surface area contributed by atoms with Crippen LogP contribution in [-0.2, 0) is 0 Å². The van der Waals surface area contributed by atoms with Crippen molar-refractivity contribution >= 4 is 5.69 Å². The zero-order chi connectivity index (χ0) is 14.5. The molecular weight excluding hydrogens is 250 g/mol. The van der Waals surface area contributed by atoms with E-state index in [9.17, 15) is 0 Å². The van der Waals surface area contributed by atoms with Gasteiger partial charge in [-0.2, -0.15) is 0 Å². The maximum Gasteiger partial charge on any atom is 0.161 e. The van der Waals surface area contributed by atoms with Gasteiger partial charge < -0.3 is 14.8 Å². The lowest BCUT2D eigenvalue weighted by Gasteiger charge is -2.18. The van der Waals surface area contributed by atoms with Crippen LogP contribution in [0.5, 0.6) is 11.5 Å². The molecule has 0 spiro atoms. The molecule has 3 nitrogen and oxygen atoms in total. The van der Waals surface area contributed by atoms with E-state index in [-0.39, 0.29) is 6.04 Å². The predicted molar refractivity (Wildman–Crippen MR) is 82.8 cm³/mol. The first-order valence-corrected chi connectivity index (χ1v) is 6.69. The quantitative estimate of drug-likeness (QED) is 0.884. The Morgan fingerprint density at radius 1 is 0.950 bits per heavy atom. The van der Waals surface area contributed by atoms with E-state index in [1.807, 2.05) is 24.3 Å². The van der Waals surface area contributed by atoms with Crippen molar-refractivity contribution in [2.45, 2.75) is 19.9 Å². The van der Waals surface area contributed by atoms with Crippen molar-refractivity contribution < 1.29 is 9.47 Å². The fourth-order valence-electron chi connectivity index (χ4n) is 2.17. The van der Waals surface area contributed by atoms with Crippen molar-refractivity contribution in [2.24, 2.45) is 0 Å². The van der Waals surface area contributed by atoms with Crippen LogP contribution >= 0.6 is 0 Å². The molecule has 0 aromatic heterocycles. The van der Waals surface area contributed by atoms with Crippen molar-refractivity contribution in [2.75, 3.05) is 19.5 Å². The maximum atomic E-state index is 5.35. The number of benzene rings is 2. The largest absolute Gasteiger partial charge is 0.493 e. The lowest BCUT2D eigenvalue weighted by molar-refractivity contribution is 0.354. The lowest BCUT2D eigenvalue weighted by atomic mass is 10.1. The fraction of sp³-hybridized carbons (Fsp3) is 0.294. The summed E-state index contributed by atoms with van der Waals surface area (Å²) in [4.78, 5) is 0. The van der Waals surface area contributed by atoms with Crippen LogP contribution in [0, 0.1) is 6.92 Å². The molecule has 3 heteroatoms. The number of rotatable bonds is 5. The molecule has 0 saturated heterocycles. The van der Waals surface area contributed by atoms with Crippen molar-refractivity contribution in [1.29, 1.82) is 0 Å². The van der Waals surface area contributed by atoms with Crippen LogP contribution < -0.4 is 14.8 Å². The predicted octanol–water partition coefficient (Wildman–Crippen LogP) is 4.19. The Morgan fingerprint density at radius 3 is 2.30 bits per heavy atom. The second-order valence-electron chi connectivity index (χ2n) is 4.80. The normalized spacial score (nSPS) is 11.8. The van der Waals surface area contributed by atoms with E-state index in [0.717, 1.165) is 22.7 Å². The van der Waals surface area contributed by atoms with Gasteiger partial charge in [0.15, 0.2) is 11.5 Å². The van der Waals surface area contributed by atoms with Gasteiger partial charge in [0.05, 0.1) is 14.2 Å². The van der Waals surface area contributed by atoms with E-state index in [2.05, 4.69) is 37.4 Å². The van der Waals surface area contributed by atoms with Crippen molar-refractivity contribution in [3.8, 4) is 11.5 Å². The monoisotopic (exact) mass is 271 g/mol. The smallest absolute Gasteiger partial charge is 0.161 e. The summed E-state index contributed by atoms with van der Waals surface area (Å²) in [5.74, 6) is 1.50. The summed E-state index contributed by atoms with van der Waals surface area (Å²) in [6.45, 7) is 4.23. The van der Waals surface area contributed by atoms with Crippen LogP contribution in [0.4, 0.5) is 5.69 Å². The van der Waals surface area contributed by atoms with Gasteiger partial charge in [0.2, 0.25) is 0 Å². The first kappa shape index (κ1) is 14.3. The molecule has 0 aliphatic carbocycles. The number of hydrogen-bond acceptors (Lipinski definition) is 3. The van der Waals surface area contributed by atoms with Crippen LogP contribution in [0.15, 0.2) is 42.5 Å². The molecule has 0 aliphatic heterocycles. The van der Waals surface area contributed by atoms with Gasteiger partial charge in [0.1, 0.15) is 0 Å². The van der Waals surface area contributed by atoms with Crippen LogP contribution in [0.1, 0.15) is 24.1 Å².